The Labute approximate surface area is 291 Å². The lowest BCUT2D eigenvalue weighted by Gasteiger charge is -2.20. The van der Waals surface area contributed by atoms with Crippen LogP contribution in [0.2, 0.25) is 0 Å². The second-order valence-corrected chi connectivity index (χ2v) is 13.2. The quantitative estimate of drug-likeness (QED) is 0.169. The number of fused-ring (bicyclic) bond motifs is 5. The minimum absolute atomic E-state index is 1.24. The van der Waals surface area contributed by atoms with Crippen molar-refractivity contribution in [2.24, 2.45) is 0 Å². The SMILES string of the molecule is c1ccc(-c2ccc3cc(-c4c5ccccc5c(-c5ccc(-c6cccc7ccccc67)c6ccccc56)c5ccccc45)ccc3c2)cc1. The van der Waals surface area contributed by atoms with Crippen LogP contribution in [0, 0.1) is 0 Å². The number of hydrogen-bond donors (Lipinski definition) is 0. The molecule has 0 unspecified atom stereocenters. The van der Waals surface area contributed by atoms with Crippen LogP contribution in [0.15, 0.2) is 194 Å². The van der Waals surface area contributed by atoms with E-state index in [1.807, 2.05) is 0 Å². The van der Waals surface area contributed by atoms with Crippen molar-refractivity contribution in [3.05, 3.63) is 194 Å². The first-order chi connectivity index (χ1) is 24.8. The lowest BCUT2D eigenvalue weighted by atomic mass is 9.83. The lowest BCUT2D eigenvalue weighted by molar-refractivity contribution is 1.64. The first-order valence-corrected chi connectivity index (χ1v) is 17.4. The van der Waals surface area contributed by atoms with Crippen molar-refractivity contribution < 1.29 is 0 Å². The summed E-state index contributed by atoms with van der Waals surface area (Å²) in [6.45, 7) is 0. The van der Waals surface area contributed by atoms with Crippen LogP contribution in [0.1, 0.15) is 0 Å². The summed E-state index contributed by atoms with van der Waals surface area (Å²) in [5, 5.41) is 12.6. The van der Waals surface area contributed by atoms with Crippen molar-refractivity contribution in [3.63, 3.8) is 0 Å². The fourth-order valence-electron chi connectivity index (χ4n) is 8.15. The van der Waals surface area contributed by atoms with Gasteiger partial charge in [-0.3, -0.25) is 0 Å². The fourth-order valence-corrected chi connectivity index (χ4v) is 8.15. The maximum atomic E-state index is 2.37. The van der Waals surface area contributed by atoms with E-state index in [9.17, 15) is 0 Å². The molecule has 0 amide bonds. The molecular formula is C50H32. The summed E-state index contributed by atoms with van der Waals surface area (Å²) in [6, 6.07) is 71.3. The van der Waals surface area contributed by atoms with Crippen LogP contribution < -0.4 is 0 Å². The van der Waals surface area contributed by atoms with Gasteiger partial charge in [0.1, 0.15) is 0 Å². The molecule has 0 spiro atoms. The van der Waals surface area contributed by atoms with Crippen molar-refractivity contribution in [1.29, 1.82) is 0 Å². The molecule has 0 heterocycles. The number of benzene rings is 10. The van der Waals surface area contributed by atoms with Crippen LogP contribution in [-0.4, -0.2) is 0 Å². The molecule has 10 aromatic carbocycles. The Morgan fingerprint density at radius 3 is 1.34 bits per heavy atom. The summed E-state index contributed by atoms with van der Waals surface area (Å²) in [4.78, 5) is 0. The van der Waals surface area contributed by atoms with Gasteiger partial charge in [0.2, 0.25) is 0 Å². The topological polar surface area (TPSA) is 0 Å². The summed E-state index contributed by atoms with van der Waals surface area (Å²) in [6.07, 6.45) is 0. The molecule has 0 saturated carbocycles. The molecule has 0 fully saturated rings. The first kappa shape index (κ1) is 28.5. The predicted octanol–water partition coefficient (Wildman–Crippen LogP) is 14.1. The van der Waals surface area contributed by atoms with Gasteiger partial charge in [-0.2, -0.15) is 0 Å². The largest absolute Gasteiger partial charge is 0.0622 e. The number of hydrogen-bond acceptors (Lipinski definition) is 0. The molecule has 0 radical (unpaired) electrons. The van der Waals surface area contributed by atoms with Gasteiger partial charge in [0, 0.05) is 0 Å². The molecule has 10 aromatic rings. The van der Waals surface area contributed by atoms with E-state index in [0.717, 1.165) is 0 Å². The highest BCUT2D eigenvalue weighted by Gasteiger charge is 2.19. The summed E-state index contributed by atoms with van der Waals surface area (Å²) < 4.78 is 0. The van der Waals surface area contributed by atoms with E-state index in [1.54, 1.807) is 0 Å². The molecule has 0 aromatic heterocycles. The van der Waals surface area contributed by atoms with Crippen molar-refractivity contribution in [3.8, 4) is 44.5 Å². The van der Waals surface area contributed by atoms with Gasteiger partial charge in [-0.05, 0) is 111 Å². The van der Waals surface area contributed by atoms with Crippen molar-refractivity contribution >= 4 is 53.9 Å². The van der Waals surface area contributed by atoms with Gasteiger partial charge in [0.25, 0.3) is 0 Å². The van der Waals surface area contributed by atoms with Gasteiger partial charge in [-0.15, -0.1) is 0 Å². The Hall–Kier alpha value is -6.50. The highest BCUT2D eigenvalue weighted by Crippen LogP contribution is 2.47. The van der Waals surface area contributed by atoms with E-state index in [-0.39, 0.29) is 0 Å². The van der Waals surface area contributed by atoms with Crippen LogP contribution in [-0.2, 0) is 0 Å². The molecule has 50 heavy (non-hydrogen) atoms. The van der Waals surface area contributed by atoms with Crippen LogP contribution >= 0.6 is 0 Å². The Balaban J connectivity index is 1.21. The van der Waals surface area contributed by atoms with E-state index in [4.69, 9.17) is 0 Å². The Morgan fingerprint density at radius 1 is 0.200 bits per heavy atom. The molecule has 0 aliphatic rings. The Kier molecular flexibility index (Phi) is 6.60. The van der Waals surface area contributed by atoms with Gasteiger partial charge in [-0.25, -0.2) is 0 Å². The lowest BCUT2D eigenvalue weighted by Crippen LogP contribution is -1.93. The monoisotopic (exact) mass is 632 g/mol. The maximum Gasteiger partial charge on any atom is -0.00201 e. The summed E-state index contributed by atoms with van der Waals surface area (Å²) in [5.41, 5.74) is 10.1. The summed E-state index contributed by atoms with van der Waals surface area (Å²) in [7, 11) is 0. The summed E-state index contributed by atoms with van der Waals surface area (Å²) >= 11 is 0. The van der Waals surface area contributed by atoms with Crippen molar-refractivity contribution in [2.75, 3.05) is 0 Å². The molecule has 0 heteroatoms. The zero-order valence-electron chi connectivity index (χ0n) is 27.5. The maximum absolute atomic E-state index is 2.37. The molecule has 0 N–H and O–H groups in total. The van der Waals surface area contributed by atoms with E-state index in [2.05, 4.69) is 194 Å². The standard InChI is InChI=1S/C50H32/c1-2-13-33(14-3-1)35-25-26-37-32-38(28-27-36(37)31-35)49-44-20-8-10-22-46(44)50(47-23-11-9-21-45(47)49)48-30-29-43(41-18-6-7-19-42(41)48)40-24-12-16-34-15-4-5-17-39(34)40/h1-32H. The van der Waals surface area contributed by atoms with E-state index < -0.39 is 0 Å². The second kappa shape index (κ2) is 11.6. The number of rotatable bonds is 4. The average molecular weight is 633 g/mol. The molecule has 0 aliphatic carbocycles. The van der Waals surface area contributed by atoms with E-state index in [1.165, 1.54) is 98.4 Å². The van der Waals surface area contributed by atoms with Gasteiger partial charge in [0.05, 0.1) is 0 Å². The zero-order chi connectivity index (χ0) is 33.0. The van der Waals surface area contributed by atoms with Gasteiger partial charge < -0.3 is 0 Å². The first-order valence-electron chi connectivity index (χ1n) is 17.4. The third-order valence-corrected chi connectivity index (χ3v) is 10.4. The minimum Gasteiger partial charge on any atom is -0.0622 e. The average Bonchev–Trinajstić information content (AvgIpc) is 3.19. The van der Waals surface area contributed by atoms with Gasteiger partial charge >= 0.3 is 0 Å². The molecule has 0 atom stereocenters. The molecule has 0 nitrogen and oxygen atoms in total. The third kappa shape index (κ3) is 4.54. The Morgan fingerprint density at radius 2 is 0.660 bits per heavy atom. The summed E-state index contributed by atoms with van der Waals surface area (Å²) in [5.74, 6) is 0. The highest BCUT2D eigenvalue weighted by atomic mass is 14.2. The van der Waals surface area contributed by atoms with Gasteiger partial charge in [0.15, 0.2) is 0 Å². The van der Waals surface area contributed by atoms with Gasteiger partial charge in [-0.1, -0.05) is 182 Å². The zero-order valence-corrected chi connectivity index (χ0v) is 27.5. The van der Waals surface area contributed by atoms with E-state index >= 15 is 0 Å². The molecule has 0 aliphatic heterocycles. The van der Waals surface area contributed by atoms with Crippen LogP contribution in [0.5, 0.6) is 0 Å². The normalized spacial score (nSPS) is 11.6. The molecular weight excluding hydrogens is 601 g/mol. The van der Waals surface area contributed by atoms with E-state index in [0.29, 0.717) is 0 Å². The highest BCUT2D eigenvalue weighted by molar-refractivity contribution is 6.24. The van der Waals surface area contributed by atoms with Crippen LogP contribution in [0.4, 0.5) is 0 Å². The molecule has 0 saturated heterocycles. The fraction of sp³-hybridized carbons (Fsp3) is 0. The Bertz CT molecular complexity index is 2850. The van der Waals surface area contributed by atoms with Crippen LogP contribution in [0.25, 0.3) is 98.4 Å². The third-order valence-electron chi connectivity index (χ3n) is 10.4. The van der Waals surface area contributed by atoms with Crippen molar-refractivity contribution in [1.82, 2.24) is 0 Å². The van der Waals surface area contributed by atoms with Crippen LogP contribution in [0.3, 0.4) is 0 Å². The molecule has 0 bridgehead atoms. The van der Waals surface area contributed by atoms with Crippen molar-refractivity contribution in [2.45, 2.75) is 0 Å². The predicted molar refractivity (Wildman–Crippen MR) is 216 cm³/mol. The minimum atomic E-state index is 1.24. The second-order valence-electron chi connectivity index (χ2n) is 13.2. The molecule has 232 valence electrons. The molecule has 10 rings (SSSR count). The smallest absolute Gasteiger partial charge is 0.00201 e.